The molecular weight excluding hydrogens is 342 g/mol. The van der Waals surface area contributed by atoms with E-state index in [1.807, 2.05) is 24.3 Å². The van der Waals surface area contributed by atoms with Crippen molar-refractivity contribution < 1.29 is 13.9 Å². The maximum absolute atomic E-state index is 11.6. The Hall–Kier alpha value is -1.66. The highest BCUT2D eigenvalue weighted by molar-refractivity contribution is 9.10. The van der Waals surface area contributed by atoms with Gasteiger partial charge in [0.1, 0.15) is 11.3 Å². The molecule has 2 aromatic heterocycles. The molecule has 0 radical (unpaired) electrons. The Kier molecular flexibility index (Phi) is 3.58. The minimum Gasteiger partial charge on any atom is -0.461 e. The third-order valence-electron chi connectivity index (χ3n) is 2.69. The fourth-order valence-corrected chi connectivity index (χ4v) is 2.89. The molecule has 3 rings (SSSR count). The smallest absolute Gasteiger partial charge is 0.367 e. The molecule has 0 aliphatic rings. The molecule has 4 nitrogen and oxygen atoms in total. The molecule has 0 unspecified atom stereocenters. The lowest BCUT2D eigenvalue weighted by Crippen LogP contribution is -2.03. The van der Waals surface area contributed by atoms with Crippen molar-refractivity contribution in [1.29, 1.82) is 0 Å². The molecule has 0 fully saturated rings. The lowest BCUT2D eigenvalue weighted by molar-refractivity contribution is 0.0526. The van der Waals surface area contributed by atoms with Crippen molar-refractivity contribution in [2.75, 3.05) is 6.61 Å². The zero-order valence-corrected chi connectivity index (χ0v) is 13.0. The summed E-state index contributed by atoms with van der Waals surface area (Å²) in [6, 6.07) is 7.69. The highest BCUT2D eigenvalue weighted by Gasteiger charge is 2.15. The van der Waals surface area contributed by atoms with Gasteiger partial charge >= 0.3 is 5.97 Å². The third kappa shape index (κ3) is 2.48. The monoisotopic (exact) mass is 351 g/mol. The van der Waals surface area contributed by atoms with Crippen LogP contribution in [0, 0.1) is 0 Å². The van der Waals surface area contributed by atoms with Crippen LogP contribution in [-0.2, 0) is 4.74 Å². The normalized spacial score (nSPS) is 10.9. The number of rotatable bonds is 3. The zero-order valence-electron chi connectivity index (χ0n) is 10.6. The summed E-state index contributed by atoms with van der Waals surface area (Å²) in [6.45, 7) is 2.11. The molecule has 20 heavy (non-hydrogen) atoms. The molecule has 2 heterocycles. The van der Waals surface area contributed by atoms with Crippen molar-refractivity contribution in [2.24, 2.45) is 0 Å². The molecule has 3 aromatic rings. The predicted octanol–water partition coefficient (Wildman–Crippen LogP) is 4.50. The average Bonchev–Trinajstić information content (AvgIpc) is 3.04. The third-order valence-corrected chi connectivity index (χ3v) is 4.00. The van der Waals surface area contributed by atoms with Crippen LogP contribution in [0.15, 0.2) is 38.5 Å². The molecule has 0 N–H and O–H groups in total. The summed E-state index contributed by atoms with van der Waals surface area (Å²) < 4.78 is 11.6. The second-order valence-corrected chi connectivity index (χ2v) is 5.82. The topological polar surface area (TPSA) is 52.3 Å². The van der Waals surface area contributed by atoms with E-state index >= 15 is 0 Å². The predicted molar refractivity (Wildman–Crippen MR) is 81.0 cm³/mol. The van der Waals surface area contributed by atoms with Gasteiger partial charge in [0.2, 0.25) is 5.01 Å². The SMILES string of the molecule is CCOC(=O)c1nc(-c2cc3cc(Br)ccc3o2)cs1. The van der Waals surface area contributed by atoms with Crippen molar-refractivity contribution in [3.63, 3.8) is 0 Å². The summed E-state index contributed by atoms with van der Waals surface area (Å²) in [5, 5.41) is 3.11. The number of esters is 1. The molecule has 0 amide bonds. The van der Waals surface area contributed by atoms with Crippen LogP contribution in [0.4, 0.5) is 0 Å². The molecule has 0 bridgehead atoms. The van der Waals surface area contributed by atoms with Crippen molar-refractivity contribution in [3.8, 4) is 11.5 Å². The van der Waals surface area contributed by atoms with Gasteiger partial charge in [-0.05, 0) is 31.2 Å². The number of hydrogen-bond acceptors (Lipinski definition) is 5. The highest BCUT2D eigenvalue weighted by atomic mass is 79.9. The quantitative estimate of drug-likeness (QED) is 0.652. The molecule has 0 atom stereocenters. The maximum Gasteiger partial charge on any atom is 0.367 e. The Morgan fingerprint density at radius 1 is 1.45 bits per heavy atom. The van der Waals surface area contributed by atoms with Gasteiger partial charge in [0.05, 0.1) is 6.61 Å². The van der Waals surface area contributed by atoms with E-state index in [0.29, 0.717) is 23.1 Å². The number of halogens is 1. The van der Waals surface area contributed by atoms with Crippen LogP contribution in [0.5, 0.6) is 0 Å². The molecule has 0 saturated carbocycles. The summed E-state index contributed by atoms with van der Waals surface area (Å²) in [4.78, 5) is 15.9. The van der Waals surface area contributed by atoms with Crippen LogP contribution >= 0.6 is 27.3 Å². The van der Waals surface area contributed by atoms with E-state index in [-0.39, 0.29) is 0 Å². The molecule has 0 saturated heterocycles. The number of hydrogen-bond donors (Lipinski definition) is 0. The van der Waals surface area contributed by atoms with E-state index in [4.69, 9.17) is 9.15 Å². The number of carbonyl (C=O) groups excluding carboxylic acids is 1. The van der Waals surface area contributed by atoms with E-state index in [0.717, 1.165) is 15.4 Å². The standard InChI is InChI=1S/C14H10BrNO3S/c1-2-18-14(17)13-16-10(7-20-13)12-6-8-5-9(15)3-4-11(8)19-12/h3-7H,2H2,1H3. The minimum atomic E-state index is -0.400. The van der Waals surface area contributed by atoms with E-state index in [9.17, 15) is 4.79 Å². The number of benzene rings is 1. The average molecular weight is 352 g/mol. The van der Waals surface area contributed by atoms with Gasteiger partial charge in [-0.25, -0.2) is 9.78 Å². The minimum absolute atomic E-state index is 0.337. The van der Waals surface area contributed by atoms with Crippen LogP contribution in [0.25, 0.3) is 22.4 Å². The number of nitrogens with zero attached hydrogens (tertiary/aromatic N) is 1. The molecule has 0 aliphatic carbocycles. The van der Waals surface area contributed by atoms with Gasteiger partial charge in [0, 0.05) is 15.2 Å². The van der Waals surface area contributed by atoms with Crippen LogP contribution < -0.4 is 0 Å². The first-order chi connectivity index (χ1) is 9.67. The summed E-state index contributed by atoms with van der Waals surface area (Å²) in [5.41, 5.74) is 1.43. The first-order valence-corrected chi connectivity index (χ1v) is 7.67. The van der Waals surface area contributed by atoms with Crippen LogP contribution in [0.1, 0.15) is 16.7 Å². The van der Waals surface area contributed by atoms with Gasteiger partial charge in [0.15, 0.2) is 5.76 Å². The maximum atomic E-state index is 11.6. The molecular formula is C14H10BrNO3S. The van der Waals surface area contributed by atoms with Crippen molar-refractivity contribution in [1.82, 2.24) is 4.98 Å². The van der Waals surface area contributed by atoms with Crippen LogP contribution in [0.2, 0.25) is 0 Å². The second-order valence-electron chi connectivity index (χ2n) is 4.05. The van der Waals surface area contributed by atoms with Crippen LogP contribution in [-0.4, -0.2) is 17.6 Å². The van der Waals surface area contributed by atoms with Gasteiger partial charge in [-0.3, -0.25) is 0 Å². The second kappa shape index (κ2) is 5.38. The van der Waals surface area contributed by atoms with E-state index < -0.39 is 5.97 Å². The first kappa shape index (κ1) is 13.3. The molecule has 0 spiro atoms. The Morgan fingerprint density at radius 2 is 2.30 bits per heavy atom. The fourth-order valence-electron chi connectivity index (χ4n) is 1.81. The van der Waals surface area contributed by atoms with Crippen molar-refractivity contribution >= 4 is 44.2 Å². The number of carbonyl (C=O) groups is 1. The number of ether oxygens (including phenoxy) is 1. The largest absolute Gasteiger partial charge is 0.461 e. The first-order valence-electron chi connectivity index (χ1n) is 5.99. The zero-order chi connectivity index (χ0) is 14.1. The number of thiazole rings is 1. The Balaban J connectivity index is 1.96. The molecule has 6 heteroatoms. The fraction of sp³-hybridized carbons (Fsp3) is 0.143. The van der Waals surface area contributed by atoms with Gasteiger partial charge in [-0.1, -0.05) is 15.9 Å². The number of aromatic nitrogens is 1. The summed E-state index contributed by atoms with van der Waals surface area (Å²) in [7, 11) is 0. The Labute approximate surface area is 127 Å². The van der Waals surface area contributed by atoms with E-state index in [1.165, 1.54) is 11.3 Å². The lowest BCUT2D eigenvalue weighted by atomic mass is 10.2. The van der Waals surface area contributed by atoms with Crippen molar-refractivity contribution in [2.45, 2.75) is 6.92 Å². The van der Waals surface area contributed by atoms with Gasteiger partial charge in [-0.2, -0.15) is 0 Å². The van der Waals surface area contributed by atoms with Gasteiger partial charge in [0.25, 0.3) is 0 Å². The van der Waals surface area contributed by atoms with E-state index in [2.05, 4.69) is 20.9 Å². The van der Waals surface area contributed by atoms with E-state index in [1.54, 1.807) is 12.3 Å². The molecule has 1 aromatic carbocycles. The molecule has 102 valence electrons. The van der Waals surface area contributed by atoms with Gasteiger partial charge in [-0.15, -0.1) is 11.3 Å². The number of furan rings is 1. The number of fused-ring (bicyclic) bond motifs is 1. The summed E-state index contributed by atoms with van der Waals surface area (Å²) in [5.74, 6) is 0.243. The highest BCUT2D eigenvalue weighted by Crippen LogP contribution is 2.30. The summed E-state index contributed by atoms with van der Waals surface area (Å²) in [6.07, 6.45) is 0. The van der Waals surface area contributed by atoms with Gasteiger partial charge < -0.3 is 9.15 Å². The molecule has 0 aliphatic heterocycles. The Bertz CT molecular complexity index is 778. The summed E-state index contributed by atoms with van der Waals surface area (Å²) >= 11 is 4.67. The van der Waals surface area contributed by atoms with Crippen LogP contribution in [0.3, 0.4) is 0 Å². The van der Waals surface area contributed by atoms with Crippen molar-refractivity contribution in [3.05, 3.63) is 39.1 Å². The lowest BCUT2D eigenvalue weighted by Gasteiger charge is -1.95. The Morgan fingerprint density at radius 3 is 3.10 bits per heavy atom.